The predicted molar refractivity (Wildman–Crippen MR) is 84.0 cm³/mol. The minimum absolute atomic E-state index is 0.0115. The zero-order valence-corrected chi connectivity index (χ0v) is 13.2. The van der Waals surface area contributed by atoms with Gasteiger partial charge in [-0.1, -0.05) is 30.3 Å². The number of hydrogen-bond donors (Lipinski definition) is 1. The molecule has 0 bridgehead atoms. The predicted octanol–water partition coefficient (Wildman–Crippen LogP) is 1.43. The summed E-state index contributed by atoms with van der Waals surface area (Å²) < 4.78 is 4.94. The van der Waals surface area contributed by atoms with E-state index in [1.807, 2.05) is 30.3 Å². The maximum absolute atomic E-state index is 12.3. The molecule has 0 heterocycles. The van der Waals surface area contributed by atoms with Gasteiger partial charge in [0.1, 0.15) is 0 Å². The molecular formula is C17H24N2O3. The van der Waals surface area contributed by atoms with Crippen LogP contribution in [0.1, 0.15) is 18.4 Å². The van der Waals surface area contributed by atoms with E-state index < -0.39 is 0 Å². The summed E-state index contributed by atoms with van der Waals surface area (Å²) >= 11 is 0. The molecule has 2 atom stereocenters. The highest BCUT2D eigenvalue weighted by Crippen LogP contribution is 2.40. The molecule has 5 heteroatoms. The Labute approximate surface area is 131 Å². The lowest BCUT2D eigenvalue weighted by Gasteiger charge is -2.17. The zero-order valence-electron chi connectivity index (χ0n) is 13.2. The Hall–Kier alpha value is -1.88. The standard InChI is InChI=1S/C17H24N2O3/c1-19(12-13-7-4-3-5-8-13)17(21)15-11-14(15)16(20)18-9-6-10-22-2/h3-5,7-8,14-15H,6,9-12H2,1-2H3,(H,18,20). The second-order valence-electron chi connectivity index (χ2n) is 5.77. The van der Waals surface area contributed by atoms with Crippen molar-refractivity contribution in [2.45, 2.75) is 19.4 Å². The van der Waals surface area contributed by atoms with Crippen LogP contribution in [0.4, 0.5) is 0 Å². The number of nitrogens with one attached hydrogen (secondary N) is 1. The first-order valence-electron chi connectivity index (χ1n) is 7.69. The molecule has 1 N–H and O–H groups in total. The van der Waals surface area contributed by atoms with Crippen LogP contribution in [0.15, 0.2) is 30.3 Å². The lowest BCUT2D eigenvalue weighted by Crippen LogP contribution is -2.32. The van der Waals surface area contributed by atoms with E-state index in [-0.39, 0.29) is 23.7 Å². The van der Waals surface area contributed by atoms with Crippen LogP contribution >= 0.6 is 0 Å². The molecule has 1 aliphatic rings. The van der Waals surface area contributed by atoms with Gasteiger partial charge in [0.25, 0.3) is 0 Å². The van der Waals surface area contributed by atoms with Gasteiger partial charge < -0.3 is 15.0 Å². The Balaban J connectivity index is 1.74. The Morgan fingerprint density at radius 1 is 1.27 bits per heavy atom. The molecule has 1 aromatic carbocycles. The van der Waals surface area contributed by atoms with E-state index in [1.165, 1.54) is 0 Å². The first-order valence-corrected chi connectivity index (χ1v) is 7.69. The molecule has 1 aromatic rings. The maximum Gasteiger partial charge on any atom is 0.226 e. The molecule has 0 radical (unpaired) electrons. The van der Waals surface area contributed by atoms with E-state index in [0.717, 1.165) is 12.0 Å². The Kier molecular flexibility index (Phi) is 5.95. The molecule has 1 saturated carbocycles. The van der Waals surface area contributed by atoms with Gasteiger partial charge in [-0.05, 0) is 18.4 Å². The topological polar surface area (TPSA) is 58.6 Å². The van der Waals surface area contributed by atoms with Crippen molar-refractivity contribution in [3.05, 3.63) is 35.9 Å². The zero-order chi connectivity index (χ0) is 15.9. The van der Waals surface area contributed by atoms with Crippen molar-refractivity contribution >= 4 is 11.8 Å². The highest BCUT2D eigenvalue weighted by molar-refractivity contribution is 5.92. The number of carbonyl (C=O) groups excluding carboxylic acids is 2. The van der Waals surface area contributed by atoms with Crippen LogP contribution in [0.2, 0.25) is 0 Å². The number of nitrogens with zero attached hydrogens (tertiary/aromatic N) is 1. The molecule has 5 nitrogen and oxygen atoms in total. The first-order chi connectivity index (χ1) is 10.6. The average molecular weight is 304 g/mol. The lowest BCUT2D eigenvalue weighted by molar-refractivity contribution is -0.134. The fourth-order valence-electron chi connectivity index (χ4n) is 2.54. The highest BCUT2D eigenvalue weighted by Gasteiger charge is 2.48. The largest absolute Gasteiger partial charge is 0.385 e. The SMILES string of the molecule is COCCCNC(=O)C1CC1C(=O)N(C)Cc1ccccc1. The Bertz CT molecular complexity index is 504. The van der Waals surface area contributed by atoms with Crippen molar-refractivity contribution in [1.82, 2.24) is 10.2 Å². The van der Waals surface area contributed by atoms with E-state index in [2.05, 4.69) is 5.32 Å². The van der Waals surface area contributed by atoms with Gasteiger partial charge in [-0.3, -0.25) is 9.59 Å². The molecule has 0 aliphatic heterocycles. The van der Waals surface area contributed by atoms with E-state index in [4.69, 9.17) is 4.74 Å². The minimum Gasteiger partial charge on any atom is -0.385 e. The lowest BCUT2D eigenvalue weighted by atomic mass is 10.2. The van der Waals surface area contributed by atoms with E-state index in [0.29, 0.717) is 26.1 Å². The molecule has 120 valence electrons. The van der Waals surface area contributed by atoms with Crippen LogP contribution < -0.4 is 5.32 Å². The van der Waals surface area contributed by atoms with Crippen molar-refractivity contribution in [1.29, 1.82) is 0 Å². The van der Waals surface area contributed by atoms with E-state index >= 15 is 0 Å². The van der Waals surface area contributed by atoms with Crippen LogP contribution in [0, 0.1) is 11.8 Å². The molecule has 0 spiro atoms. The van der Waals surface area contributed by atoms with Crippen molar-refractivity contribution in [3.63, 3.8) is 0 Å². The third kappa shape index (κ3) is 4.56. The van der Waals surface area contributed by atoms with Gasteiger partial charge in [0.05, 0.1) is 11.8 Å². The van der Waals surface area contributed by atoms with Gasteiger partial charge >= 0.3 is 0 Å². The van der Waals surface area contributed by atoms with Crippen LogP contribution in [0.3, 0.4) is 0 Å². The van der Waals surface area contributed by atoms with Crippen LogP contribution in [0.5, 0.6) is 0 Å². The second-order valence-corrected chi connectivity index (χ2v) is 5.77. The quantitative estimate of drug-likeness (QED) is 0.739. The van der Waals surface area contributed by atoms with Gasteiger partial charge in [-0.2, -0.15) is 0 Å². The monoisotopic (exact) mass is 304 g/mol. The number of ether oxygens (including phenoxy) is 1. The van der Waals surface area contributed by atoms with Gasteiger partial charge in [0, 0.05) is 33.9 Å². The summed E-state index contributed by atoms with van der Waals surface area (Å²) in [5.41, 5.74) is 1.10. The van der Waals surface area contributed by atoms with Gasteiger partial charge in [0.2, 0.25) is 11.8 Å². The summed E-state index contributed by atoms with van der Waals surface area (Å²) in [6.45, 7) is 1.81. The first kappa shape index (κ1) is 16.5. The number of rotatable bonds is 8. The number of benzene rings is 1. The molecular weight excluding hydrogens is 280 g/mol. The summed E-state index contributed by atoms with van der Waals surface area (Å²) in [5.74, 6) is -0.270. The fourth-order valence-corrected chi connectivity index (χ4v) is 2.54. The average Bonchev–Trinajstić information content (AvgIpc) is 3.32. The molecule has 2 rings (SSSR count). The van der Waals surface area contributed by atoms with Crippen LogP contribution in [0.25, 0.3) is 0 Å². The van der Waals surface area contributed by atoms with E-state index in [9.17, 15) is 9.59 Å². The van der Waals surface area contributed by atoms with Crippen molar-refractivity contribution in [2.24, 2.45) is 11.8 Å². The number of carbonyl (C=O) groups is 2. The normalized spacial score (nSPS) is 19.5. The minimum atomic E-state index is -0.159. The summed E-state index contributed by atoms with van der Waals surface area (Å²) in [7, 11) is 3.43. The molecule has 0 saturated heterocycles. The summed E-state index contributed by atoms with van der Waals surface area (Å²) in [6, 6.07) is 9.87. The Morgan fingerprint density at radius 3 is 2.68 bits per heavy atom. The molecule has 2 amide bonds. The van der Waals surface area contributed by atoms with Crippen LogP contribution in [-0.4, -0.2) is 44.0 Å². The van der Waals surface area contributed by atoms with Crippen LogP contribution in [-0.2, 0) is 20.9 Å². The molecule has 1 fully saturated rings. The third-order valence-corrected chi connectivity index (χ3v) is 3.91. The summed E-state index contributed by atoms with van der Waals surface area (Å²) in [6.07, 6.45) is 1.45. The van der Waals surface area contributed by atoms with E-state index in [1.54, 1.807) is 19.1 Å². The van der Waals surface area contributed by atoms with Crippen molar-refractivity contribution < 1.29 is 14.3 Å². The smallest absolute Gasteiger partial charge is 0.226 e. The van der Waals surface area contributed by atoms with Crippen molar-refractivity contribution in [2.75, 3.05) is 27.3 Å². The van der Waals surface area contributed by atoms with Gasteiger partial charge in [0.15, 0.2) is 0 Å². The second kappa shape index (κ2) is 7.94. The highest BCUT2D eigenvalue weighted by atomic mass is 16.5. The maximum atomic E-state index is 12.3. The fraction of sp³-hybridized carbons (Fsp3) is 0.529. The van der Waals surface area contributed by atoms with Gasteiger partial charge in [-0.15, -0.1) is 0 Å². The molecule has 0 aromatic heterocycles. The Morgan fingerprint density at radius 2 is 2.00 bits per heavy atom. The molecule has 22 heavy (non-hydrogen) atoms. The molecule has 1 aliphatic carbocycles. The number of methoxy groups -OCH3 is 1. The molecule has 2 unspecified atom stereocenters. The van der Waals surface area contributed by atoms with Gasteiger partial charge in [-0.25, -0.2) is 0 Å². The summed E-state index contributed by atoms with van der Waals surface area (Å²) in [4.78, 5) is 26.0. The summed E-state index contributed by atoms with van der Waals surface area (Å²) in [5, 5.41) is 2.86. The number of hydrogen-bond acceptors (Lipinski definition) is 3. The van der Waals surface area contributed by atoms with Crippen molar-refractivity contribution in [3.8, 4) is 0 Å². The number of amides is 2. The third-order valence-electron chi connectivity index (χ3n) is 3.91.